The number of nitrogens with one attached hydrogen (secondary N) is 2. The third kappa shape index (κ3) is 2.28. The molecule has 2 aromatic rings. The van der Waals surface area contributed by atoms with Crippen molar-refractivity contribution in [2.45, 2.75) is 13.8 Å². The average molecular weight is 312 g/mol. The predicted octanol–water partition coefficient (Wildman–Crippen LogP) is 3.18. The number of hydrogen-bond acceptors (Lipinski definition) is 2. The fraction of sp³-hybridized carbons (Fsp3) is 0.167. The van der Waals surface area contributed by atoms with Crippen LogP contribution in [0.2, 0.25) is 0 Å². The van der Waals surface area contributed by atoms with Gasteiger partial charge >= 0.3 is 0 Å². The maximum atomic E-state index is 13.6. The van der Waals surface area contributed by atoms with Crippen LogP contribution in [0.3, 0.4) is 0 Å². The molecule has 94 valence electrons. The van der Waals surface area contributed by atoms with Gasteiger partial charge in [-0.2, -0.15) is 5.10 Å². The molecular formula is C12H11BrFN3O. The molecule has 0 aliphatic rings. The molecule has 0 spiro atoms. The highest BCUT2D eigenvalue weighted by Gasteiger charge is 2.17. The summed E-state index contributed by atoms with van der Waals surface area (Å²) in [7, 11) is 0. The smallest absolute Gasteiger partial charge is 0.261 e. The second kappa shape index (κ2) is 4.89. The Morgan fingerprint density at radius 1 is 1.44 bits per heavy atom. The zero-order chi connectivity index (χ0) is 13.3. The zero-order valence-electron chi connectivity index (χ0n) is 9.84. The third-order valence-corrected chi connectivity index (χ3v) is 3.34. The van der Waals surface area contributed by atoms with E-state index in [-0.39, 0.29) is 5.56 Å². The molecule has 4 nitrogen and oxygen atoms in total. The van der Waals surface area contributed by atoms with E-state index in [1.807, 2.05) is 13.8 Å². The molecule has 0 aliphatic carbocycles. The standard InChI is InChI=1S/C12H11BrFN3O/c1-6-7(2)16-17-11(6)15-12(18)10-8(13)4-3-5-9(10)14/h3-5H,1-2H3,(H2,15,16,17,18). The lowest BCUT2D eigenvalue weighted by Crippen LogP contribution is -2.15. The van der Waals surface area contributed by atoms with Gasteiger partial charge < -0.3 is 5.32 Å². The Kier molecular flexibility index (Phi) is 3.47. The van der Waals surface area contributed by atoms with E-state index in [0.717, 1.165) is 11.3 Å². The molecule has 1 amide bonds. The van der Waals surface area contributed by atoms with Crippen LogP contribution in [0, 0.1) is 19.7 Å². The number of nitrogens with zero attached hydrogens (tertiary/aromatic N) is 1. The largest absolute Gasteiger partial charge is 0.305 e. The number of carbonyl (C=O) groups is 1. The van der Waals surface area contributed by atoms with Crippen LogP contribution in [0.4, 0.5) is 10.2 Å². The molecule has 0 saturated carbocycles. The van der Waals surface area contributed by atoms with E-state index in [1.165, 1.54) is 12.1 Å². The first-order chi connectivity index (χ1) is 8.50. The summed E-state index contributed by atoms with van der Waals surface area (Å²) in [6.07, 6.45) is 0. The molecule has 6 heteroatoms. The second-order valence-electron chi connectivity index (χ2n) is 3.87. The normalized spacial score (nSPS) is 10.4. The van der Waals surface area contributed by atoms with E-state index in [0.29, 0.717) is 10.3 Å². The molecule has 2 rings (SSSR count). The Hall–Kier alpha value is -1.69. The van der Waals surface area contributed by atoms with Gasteiger partial charge in [0.05, 0.1) is 5.56 Å². The summed E-state index contributed by atoms with van der Waals surface area (Å²) in [5.74, 6) is -0.700. The predicted molar refractivity (Wildman–Crippen MR) is 70.1 cm³/mol. The van der Waals surface area contributed by atoms with E-state index in [1.54, 1.807) is 6.07 Å². The van der Waals surface area contributed by atoms with Crippen LogP contribution in [0.1, 0.15) is 21.6 Å². The van der Waals surface area contributed by atoms with Crippen molar-refractivity contribution < 1.29 is 9.18 Å². The third-order valence-electron chi connectivity index (χ3n) is 2.67. The van der Waals surface area contributed by atoms with Gasteiger partial charge in [0.15, 0.2) is 5.82 Å². The lowest BCUT2D eigenvalue weighted by Gasteiger charge is -2.06. The van der Waals surface area contributed by atoms with Crippen molar-refractivity contribution >= 4 is 27.7 Å². The molecule has 0 saturated heterocycles. The van der Waals surface area contributed by atoms with Gasteiger partial charge in [-0.1, -0.05) is 6.07 Å². The van der Waals surface area contributed by atoms with Crippen molar-refractivity contribution in [1.82, 2.24) is 10.2 Å². The van der Waals surface area contributed by atoms with Crippen molar-refractivity contribution in [3.63, 3.8) is 0 Å². The van der Waals surface area contributed by atoms with Gasteiger partial charge in [-0.15, -0.1) is 0 Å². The maximum Gasteiger partial charge on any atom is 0.261 e. The number of benzene rings is 1. The SMILES string of the molecule is Cc1[nH]nc(NC(=O)c2c(F)cccc2Br)c1C. The number of amides is 1. The number of anilines is 1. The van der Waals surface area contributed by atoms with Crippen LogP contribution in [-0.4, -0.2) is 16.1 Å². The summed E-state index contributed by atoms with van der Waals surface area (Å²) in [5, 5.41) is 9.28. The Labute approximate surface area is 112 Å². The molecule has 1 heterocycles. The average Bonchev–Trinajstić information content (AvgIpc) is 2.61. The van der Waals surface area contributed by atoms with Crippen molar-refractivity contribution in [3.8, 4) is 0 Å². The van der Waals surface area contributed by atoms with Crippen LogP contribution in [0.25, 0.3) is 0 Å². The number of rotatable bonds is 2. The van der Waals surface area contributed by atoms with Crippen molar-refractivity contribution in [2.24, 2.45) is 0 Å². The molecule has 2 N–H and O–H groups in total. The van der Waals surface area contributed by atoms with Crippen LogP contribution in [0.5, 0.6) is 0 Å². The molecule has 18 heavy (non-hydrogen) atoms. The highest BCUT2D eigenvalue weighted by atomic mass is 79.9. The number of aromatic nitrogens is 2. The van der Waals surface area contributed by atoms with Crippen LogP contribution in [-0.2, 0) is 0 Å². The summed E-state index contributed by atoms with van der Waals surface area (Å²) < 4.78 is 14.0. The van der Waals surface area contributed by atoms with Gasteiger partial charge in [0.2, 0.25) is 0 Å². The van der Waals surface area contributed by atoms with Gasteiger partial charge in [-0.05, 0) is 41.9 Å². The zero-order valence-corrected chi connectivity index (χ0v) is 11.4. The number of halogens is 2. The number of hydrogen-bond donors (Lipinski definition) is 2. The van der Waals surface area contributed by atoms with E-state index in [9.17, 15) is 9.18 Å². The molecule has 1 aromatic heterocycles. The lowest BCUT2D eigenvalue weighted by atomic mass is 10.2. The van der Waals surface area contributed by atoms with Crippen LogP contribution in [0.15, 0.2) is 22.7 Å². The monoisotopic (exact) mass is 311 g/mol. The Bertz CT molecular complexity index is 589. The topological polar surface area (TPSA) is 57.8 Å². The van der Waals surface area contributed by atoms with Crippen molar-refractivity contribution in [1.29, 1.82) is 0 Å². The van der Waals surface area contributed by atoms with Crippen molar-refractivity contribution in [2.75, 3.05) is 5.32 Å². The molecule has 0 fully saturated rings. The summed E-state index contributed by atoms with van der Waals surface area (Å²) >= 11 is 3.16. The first-order valence-corrected chi connectivity index (χ1v) is 6.07. The highest BCUT2D eigenvalue weighted by Crippen LogP contribution is 2.22. The van der Waals surface area contributed by atoms with Gasteiger partial charge in [0.25, 0.3) is 5.91 Å². The van der Waals surface area contributed by atoms with Crippen LogP contribution >= 0.6 is 15.9 Å². The van der Waals surface area contributed by atoms with E-state index in [4.69, 9.17) is 0 Å². The fourth-order valence-corrected chi connectivity index (χ4v) is 2.01. The summed E-state index contributed by atoms with van der Waals surface area (Å²) in [4.78, 5) is 12.0. The Morgan fingerprint density at radius 2 is 2.17 bits per heavy atom. The van der Waals surface area contributed by atoms with Crippen LogP contribution < -0.4 is 5.32 Å². The quantitative estimate of drug-likeness (QED) is 0.895. The van der Waals surface area contributed by atoms with Gasteiger partial charge in [-0.25, -0.2) is 4.39 Å². The number of H-pyrrole nitrogens is 1. The second-order valence-corrected chi connectivity index (χ2v) is 4.73. The fourth-order valence-electron chi connectivity index (χ4n) is 1.49. The molecule has 0 aliphatic heterocycles. The van der Waals surface area contributed by atoms with E-state index < -0.39 is 11.7 Å². The highest BCUT2D eigenvalue weighted by molar-refractivity contribution is 9.10. The Morgan fingerprint density at radius 3 is 2.72 bits per heavy atom. The maximum absolute atomic E-state index is 13.6. The number of aromatic amines is 1. The minimum atomic E-state index is -0.577. The van der Waals surface area contributed by atoms with Gasteiger partial charge in [0, 0.05) is 15.7 Å². The molecular weight excluding hydrogens is 301 g/mol. The summed E-state index contributed by atoms with van der Waals surface area (Å²) in [5.41, 5.74) is 1.66. The van der Waals surface area contributed by atoms with Gasteiger partial charge in [0.1, 0.15) is 5.82 Å². The van der Waals surface area contributed by atoms with Crippen molar-refractivity contribution in [3.05, 3.63) is 45.3 Å². The number of carbonyl (C=O) groups excluding carboxylic acids is 1. The summed E-state index contributed by atoms with van der Waals surface area (Å²) in [6, 6.07) is 4.38. The molecule has 0 radical (unpaired) electrons. The van der Waals surface area contributed by atoms with Gasteiger partial charge in [-0.3, -0.25) is 9.89 Å². The lowest BCUT2D eigenvalue weighted by molar-refractivity contribution is 0.102. The first kappa shape index (κ1) is 12.8. The van der Waals surface area contributed by atoms with E-state index in [2.05, 4.69) is 31.4 Å². The summed E-state index contributed by atoms with van der Waals surface area (Å²) in [6.45, 7) is 3.67. The minimum absolute atomic E-state index is 0.0300. The number of aryl methyl sites for hydroxylation is 1. The van der Waals surface area contributed by atoms with E-state index >= 15 is 0 Å². The minimum Gasteiger partial charge on any atom is -0.305 e. The first-order valence-electron chi connectivity index (χ1n) is 5.27. The Balaban J connectivity index is 2.31. The molecule has 0 unspecified atom stereocenters. The molecule has 1 aromatic carbocycles. The molecule has 0 bridgehead atoms. The molecule has 0 atom stereocenters.